The van der Waals surface area contributed by atoms with E-state index in [0.29, 0.717) is 5.56 Å². The highest BCUT2D eigenvalue weighted by molar-refractivity contribution is 5.70. The van der Waals surface area contributed by atoms with E-state index in [1.54, 1.807) is 0 Å². The van der Waals surface area contributed by atoms with E-state index in [0.717, 1.165) is 0 Å². The smallest absolute Gasteiger partial charge is 0.334 e. The summed E-state index contributed by atoms with van der Waals surface area (Å²) in [5, 5.41) is 10.4. The fraction of sp³-hybridized carbons (Fsp3) is 0.222. The minimum Gasteiger partial charge on any atom is -0.459 e. The van der Waals surface area contributed by atoms with Crippen molar-refractivity contribution in [3.63, 3.8) is 0 Å². The number of ether oxygens (including phenoxy) is 1. The number of benzene rings is 1. The molecule has 0 saturated carbocycles. The summed E-state index contributed by atoms with van der Waals surface area (Å²) in [6, 6.07) is 5.69. The second-order valence-electron chi connectivity index (χ2n) is 2.90. The summed E-state index contributed by atoms with van der Waals surface area (Å²) in [7, 11) is 0. The molecule has 0 fully saturated rings. The first kappa shape index (κ1) is 12.1. The van der Waals surface area contributed by atoms with Crippen LogP contribution in [0.3, 0.4) is 0 Å². The Morgan fingerprint density at radius 3 is 2.50 bits per heavy atom. The van der Waals surface area contributed by atoms with Crippen LogP contribution in [0.15, 0.2) is 24.3 Å². The van der Waals surface area contributed by atoms with E-state index in [1.807, 2.05) is 0 Å². The number of rotatable bonds is 5. The maximum absolute atomic E-state index is 10.9. The molecule has 2 N–H and O–H groups in total. The zero-order chi connectivity index (χ0) is 12.0. The summed E-state index contributed by atoms with van der Waals surface area (Å²) < 4.78 is 4.76. The van der Waals surface area contributed by atoms with Crippen LogP contribution in [0.2, 0.25) is 0 Å². The number of nitro groups is 1. The molecule has 1 aromatic carbocycles. The van der Waals surface area contributed by atoms with E-state index < -0.39 is 10.9 Å². The van der Waals surface area contributed by atoms with Crippen molar-refractivity contribution in [3.8, 4) is 0 Å². The highest BCUT2D eigenvalue weighted by Gasteiger charge is 2.06. The Morgan fingerprint density at radius 1 is 1.38 bits per heavy atom. The number of nitrogens with zero attached hydrogens (tertiary/aromatic N) is 1. The van der Waals surface area contributed by atoms with E-state index in [1.165, 1.54) is 24.3 Å². The highest BCUT2D eigenvalue weighted by Crippen LogP contribution is 2.12. The molecule has 1 aromatic rings. The molecule has 7 heteroatoms. The zero-order valence-corrected chi connectivity index (χ0v) is 8.29. The molecule has 0 radical (unpaired) electrons. The fourth-order valence-corrected chi connectivity index (χ4v) is 0.987. The van der Waals surface area contributed by atoms with Gasteiger partial charge in [0.1, 0.15) is 6.61 Å². The van der Waals surface area contributed by atoms with Gasteiger partial charge in [-0.1, -0.05) is 0 Å². The van der Waals surface area contributed by atoms with Gasteiger partial charge in [-0.25, -0.2) is 10.7 Å². The quantitative estimate of drug-likeness (QED) is 0.446. The molecule has 1 rings (SSSR count). The minimum atomic E-state index is -0.596. The summed E-state index contributed by atoms with van der Waals surface area (Å²) in [6.45, 7) is -0.298. The van der Waals surface area contributed by atoms with Crippen molar-refractivity contribution in [2.75, 3.05) is 6.61 Å². The number of hydrogen-bond acceptors (Lipinski definition) is 6. The molecule has 0 aliphatic heterocycles. The standard InChI is InChI=1S/C9H10N2O5/c10-16-6-9(12)15-5-7-1-3-8(4-2-7)11(13)14/h1-4H,5-6,10H2. The summed E-state index contributed by atoms with van der Waals surface area (Å²) in [5.41, 5.74) is 0.635. The van der Waals surface area contributed by atoms with E-state index in [-0.39, 0.29) is 18.9 Å². The van der Waals surface area contributed by atoms with Crippen LogP contribution in [0, 0.1) is 10.1 Å². The second-order valence-corrected chi connectivity index (χ2v) is 2.90. The lowest BCUT2D eigenvalue weighted by Crippen LogP contribution is -2.15. The molecule has 0 atom stereocenters. The molecular weight excluding hydrogens is 216 g/mol. The Bertz CT molecular complexity index is 376. The highest BCUT2D eigenvalue weighted by atomic mass is 16.6. The average Bonchev–Trinajstić information content (AvgIpc) is 2.27. The third-order valence-electron chi connectivity index (χ3n) is 1.75. The van der Waals surface area contributed by atoms with Crippen LogP contribution in [0.4, 0.5) is 5.69 Å². The summed E-state index contributed by atoms with van der Waals surface area (Å²) in [4.78, 5) is 24.8. The van der Waals surface area contributed by atoms with Crippen LogP contribution in [-0.2, 0) is 21.0 Å². The van der Waals surface area contributed by atoms with Gasteiger partial charge in [0.25, 0.3) is 5.69 Å². The van der Waals surface area contributed by atoms with Crippen molar-refractivity contribution >= 4 is 11.7 Å². The maximum Gasteiger partial charge on any atom is 0.334 e. The van der Waals surface area contributed by atoms with E-state index >= 15 is 0 Å². The van der Waals surface area contributed by atoms with Gasteiger partial charge in [-0.15, -0.1) is 0 Å². The Kier molecular flexibility index (Phi) is 4.37. The third kappa shape index (κ3) is 3.64. The molecule has 0 aromatic heterocycles. The number of nitrogens with two attached hydrogens (primary N) is 1. The molecule has 0 unspecified atom stereocenters. The summed E-state index contributed by atoms with van der Waals surface area (Å²) in [6.07, 6.45) is 0. The van der Waals surface area contributed by atoms with Crippen LogP contribution < -0.4 is 5.90 Å². The Hall–Kier alpha value is -1.99. The van der Waals surface area contributed by atoms with Gasteiger partial charge in [-0.2, -0.15) is 0 Å². The molecule has 0 heterocycles. The van der Waals surface area contributed by atoms with E-state index in [2.05, 4.69) is 10.7 Å². The number of hydrogen-bond donors (Lipinski definition) is 1. The van der Waals surface area contributed by atoms with Crippen molar-refractivity contribution in [1.29, 1.82) is 0 Å². The lowest BCUT2D eigenvalue weighted by atomic mass is 10.2. The Balaban J connectivity index is 2.49. The Labute approximate surface area is 90.9 Å². The van der Waals surface area contributed by atoms with Gasteiger partial charge >= 0.3 is 5.97 Å². The first-order valence-corrected chi connectivity index (χ1v) is 4.34. The summed E-state index contributed by atoms with van der Waals surface area (Å²) in [5.74, 6) is 4.08. The normalized spacial score (nSPS) is 9.81. The van der Waals surface area contributed by atoms with Crippen LogP contribution in [0.25, 0.3) is 0 Å². The molecule has 7 nitrogen and oxygen atoms in total. The van der Waals surface area contributed by atoms with Gasteiger partial charge in [0.2, 0.25) is 0 Å². The fourth-order valence-electron chi connectivity index (χ4n) is 0.987. The Morgan fingerprint density at radius 2 is 2.00 bits per heavy atom. The molecule has 0 saturated heterocycles. The minimum absolute atomic E-state index is 0.0135. The van der Waals surface area contributed by atoms with Gasteiger partial charge in [0.05, 0.1) is 4.92 Å². The van der Waals surface area contributed by atoms with Crippen molar-refractivity contribution in [2.24, 2.45) is 5.90 Å². The van der Waals surface area contributed by atoms with Gasteiger partial charge in [0, 0.05) is 12.1 Å². The third-order valence-corrected chi connectivity index (χ3v) is 1.75. The first-order chi connectivity index (χ1) is 7.63. The zero-order valence-electron chi connectivity index (χ0n) is 8.29. The van der Waals surface area contributed by atoms with Gasteiger partial charge < -0.3 is 4.74 Å². The lowest BCUT2D eigenvalue weighted by Gasteiger charge is -2.03. The first-order valence-electron chi connectivity index (χ1n) is 4.34. The molecule has 16 heavy (non-hydrogen) atoms. The van der Waals surface area contributed by atoms with Crippen LogP contribution in [-0.4, -0.2) is 17.5 Å². The van der Waals surface area contributed by atoms with Crippen molar-refractivity contribution in [2.45, 2.75) is 6.61 Å². The van der Waals surface area contributed by atoms with Gasteiger partial charge in [-0.05, 0) is 17.7 Å². The molecule has 0 aliphatic rings. The maximum atomic E-state index is 10.9. The number of non-ortho nitro benzene ring substituents is 1. The predicted molar refractivity (Wildman–Crippen MR) is 53.0 cm³/mol. The summed E-state index contributed by atoms with van der Waals surface area (Å²) >= 11 is 0. The average molecular weight is 226 g/mol. The molecule has 0 amide bonds. The molecule has 0 aliphatic carbocycles. The molecule has 0 bridgehead atoms. The van der Waals surface area contributed by atoms with Crippen LogP contribution in [0.5, 0.6) is 0 Å². The van der Waals surface area contributed by atoms with Crippen LogP contribution in [0.1, 0.15) is 5.56 Å². The number of carbonyl (C=O) groups is 1. The number of esters is 1. The second kappa shape index (κ2) is 5.79. The van der Waals surface area contributed by atoms with E-state index in [9.17, 15) is 14.9 Å². The topological polar surface area (TPSA) is 105 Å². The molecule has 0 spiro atoms. The van der Waals surface area contributed by atoms with Crippen molar-refractivity contribution in [3.05, 3.63) is 39.9 Å². The number of carbonyl (C=O) groups excluding carboxylic acids is 1. The molecular formula is C9H10N2O5. The monoisotopic (exact) mass is 226 g/mol. The van der Waals surface area contributed by atoms with Crippen molar-refractivity contribution < 1.29 is 19.3 Å². The predicted octanol–water partition coefficient (Wildman–Crippen LogP) is 0.528. The van der Waals surface area contributed by atoms with E-state index in [4.69, 9.17) is 4.74 Å². The van der Waals surface area contributed by atoms with Crippen LogP contribution >= 0.6 is 0 Å². The largest absolute Gasteiger partial charge is 0.459 e. The molecule has 86 valence electrons. The van der Waals surface area contributed by atoms with Gasteiger partial charge in [-0.3, -0.25) is 15.0 Å². The van der Waals surface area contributed by atoms with Gasteiger partial charge in [0.15, 0.2) is 6.61 Å². The number of nitro benzene ring substituents is 1. The lowest BCUT2D eigenvalue weighted by molar-refractivity contribution is -0.384. The SMILES string of the molecule is NOCC(=O)OCc1ccc([N+](=O)[O-])cc1. The van der Waals surface area contributed by atoms with Crippen molar-refractivity contribution in [1.82, 2.24) is 0 Å².